The van der Waals surface area contributed by atoms with Gasteiger partial charge in [-0.2, -0.15) is 0 Å². The molecule has 0 aliphatic carbocycles. The van der Waals surface area contributed by atoms with Gasteiger partial charge in [-0.15, -0.1) is 0 Å². The molecule has 0 unspecified atom stereocenters. The Morgan fingerprint density at radius 3 is 2.62 bits per heavy atom. The molecule has 8 heteroatoms. The van der Waals surface area contributed by atoms with Crippen LogP contribution in [-0.4, -0.2) is 33.9 Å². The lowest BCUT2D eigenvalue weighted by Gasteiger charge is -2.31. The minimum atomic E-state index is -0.465. The highest BCUT2D eigenvalue weighted by Gasteiger charge is 2.17. The van der Waals surface area contributed by atoms with Crippen LogP contribution in [0.15, 0.2) is 36.7 Å². The molecule has 1 saturated heterocycles. The van der Waals surface area contributed by atoms with Gasteiger partial charge in [0.2, 0.25) is 5.91 Å². The summed E-state index contributed by atoms with van der Waals surface area (Å²) >= 11 is 0. The third-order valence-corrected chi connectivity index (χ3v) is 4.54. The number of hydrogen-bond acceptors (Lipinski definition) is 6. The molecular weight excluding hydrogens is 334 g/mol. The zero-order chi connectivity index (χ0) is 18.5. The van der Waals surface area contributed by atoms with E-state index in [4.69, 9.17) is 0 Å². The van der Waals surface area contributed by atoms with Crippen LogP contribution >= 0.6 is 0 Å². The van der Waals surface area contributed by atoms with Crippen molar-refractivity contribution in [1.29, 1.82) is 0 Å². The summed E-state index contributed by atoms with van der Waals surface area (Å²) in [7, 11) is 0. The fraction of sp³-hybridized carbons (Fsp3) is 0.389. The second-order valence-electron chi connectivity index (χ2n) is 6.58. The van der Waals surface area contributed by atoms with E-state index >= 15 is 0 Å². The van der Waals surface area contributed by atoms with Crippen LogP contribution in [0.5, 0.6) is 0 Å². The predicted molar refractivity (Wildman–Crippen MR) is 98.1 cm³/mol. The number of nitrogens with zero attached hydrogens (tertiary/aromatic N) is 4. The Bertz CT molecular complexity index is 786. The van der Waals surface area contributed by atoms with Crippen LogP contribution in [0.3, 0.4) is 0 Å². The monoisotopic (exact) mass is 355 g/mol. The van der Waals surface area contributed by atoms with Crippen LogP contribution < -0.4 is 10.2 Å². The van der Waals surface area contributed by atoms with E-state index in [0.29, 0.717) is 11.4 Å². The number of non-ortho nitro benzene ring substituents is 1. The standard InChI is InChI=1S/C18H21N5O3/c1-13-6-8-22(9-7-13)17-11-16(19-12-20-17)21-18(24)10-14-2-4-15(5-3-14)23(25)26/h2-5,11-13H,6-10H2,1H3,(H,19,20,21,24). The van der Waals surface area contributed by atoms with Gasteiger partial charge in [0, 0.05) is 31.3 Å². The van der Waals surface area contributed by atoms with E-state index in [9.17, 15) is 14.9 Å². The summed E-state index contributed by atoms with van der Waals surface area (Å²) in [6, 6.07) is 7.73. The zero-order valence-corrected chi connectivity index (χ0v) is 14.6. The van der Waals surface area contributed by atoms with E-state index in [1.165, 1.54) is 18.5 Å². The quantitative estimate of drug-likeness (QED) is 0.654. The Kier molecular flexibility index (Phi) is 5.40. The van der Waals surface area contributed by atoms with Crippen LogP contribution in [0.4, 0.5) is 17.3 Å². The van der Waals surface area contributed by atoms with Gasteiger partial charge >= 0.3 is 0 Å². The highest BCUT2D eigenvalue weighted by Crippen LogP contribution is 2.22. The lowest BCUT2D eigenvalue weighted by atomic mass is 9.99. The van der Waals surface area contributed by atoms with E-state index in [0.717, 1.165) is 37.7 Å². The fourth-order valence-electron chi connectivity index (χ4n) is 2.93. The normalized spacial score (nSPS) is 14.9. The molecule has 0 radical (unpaired) electrons. The maximum atomic E-state index is 12.2. The van der Waals surface area contributed by atoms with Crippen molar-refractivity contribution in [3.05, 3.63) is 52.3 Å². The molecule has 0 bridgehead atoms. The minimum absolute atomic E-state index is 0.00505. The van der Waals surface area contributed by atoms with Gasteiger partial charge in [0.1, 0.15) is 18.0 Å². The third-order valence-electron chi connectivity index (χ3n) is 4.54. The molecule has 1 aromatic heterocycles. The van der Waals surface area contributed by atoms with Gasteiger partial charge in [-0.3, -0.25) is 14.9 Å². The van der Waals surface area contributed by atoms with Crippen LogP contribution in [0.25, 0.3) is 0 Å². The Hall–Kier alpha value is -3.03. The number of amides is 1. The molecule has 136 valence electrons. The molecule has 1 aliphatic heterocycles. The fourth-order valence-corrected chi connectivity index (χ4v) is 2.93. The number of carbonyl (C=O) groups excluding carboxylic acids is 1. The topological polar surface area (TPSA) is 101 Å². The van der Waals surface area contributed by atoms with E-state index < -0.39 is 4.92 Å². The summed E-state index contributed by atoms with van der Waals surface area (Å²) in [5.74, 6) is 1.78. The molecule has 1 fully saturated rings. The molecule has 3 rings (SSSR count). The van der Waals surface area contributed by atoms with Gasteiger partial charge in [-0.25, -0.2) is 9.97 Å². The average molecular weight is 355 g/mol. The highest BCUT2D eigenvalue weighted by molar-refractivity contribution is 5.91. The lowest BCUT2D eigenvalue weighted by molar-refractivity contribution is -0.384. The molecule has 0 spiro atoms. The van der Waals surface area contributed by atoms with Gasteiger partial charge < -0.3 is 10.2 Å². The molecule has 1 N–H and O–H groups in total. The molecule has 8 nitrogen and oxygen atoms in total. The van der Waals surface area contributed by atoms with E-state index in [2.05, 4.69) is 27.1 Å². The van der Waals surface area contributed by atoms with Crippen LogP contribution in [0.2, 0.25) is 0 Å². The molecule has 1 aliphatic rings. The van der Waals surface area contributed by atoms with Crippen molar-refractivity contribution in [2.24, 2.45) is 5.92 Å². The molecule has 26 heavy (non-hydrogen) atoms. The first kappa shape index (κ1) is 17.8. The first-order valence-corrected chi connectivity index (χ1v) is 8.61. The van der Waals surface area contributed by atoms with Crippen molar-refractivity contribution < 1.29 is 9.72 Å². The zero-order valence-electron chi connectivity index (χ0n) is 14.6. The van der Waals surface area contributed by atoms with Crippen LogP contribution in [0, 0.1) is 16.0 Å². The predicted octanol–water partition coefficient (Wildman–Crippen LogP) is 2.80. The van der Waals surface area contributed by atoms with Crippen LogP contribution in [-0.2, 0) is 11.2 Å². The number of hydrogen-bond donors (Lipinski definition) is 1. The number of nitrogens with one attached hydrogen (secondary N) is 1. The molecule has 1 aromatic carbocycles. The smallest absolute Gasteiger partial charge is 0.269 e. The summed E-state index contributed by atoms with van der Waals surface area (Å²) in [5.41, 5.74) is 0.706. The van der Waals surface area contributed by atoms with Gasteiger partial charge in [-0.1, -0.05) is 19.1 Å². The number of carbonyl (C=O) groups is 1. The number of aromatic nitrogens is 2. The summed E-state index contributed by atoms with van der Waals surface area (Å²) < 4.78 is 0. The summed E-state index contributed by atoms with van der Waals surface area (Å²) in [6.45, 7) is 4.16. The first-order chi connectivity index (χ1) is 12.5. The van der Waals surface area contributed by atoms with Crippen molar-refractivity contribution in [2.75, 3.05) is 23.3 Å². The SMILES string of the molecule is CC1CCN(c2cc(NC(=O)Cc3ccc([N+](=O)[O-])cc3)ncn2)CC1. The number of nitro groups is 1. The number of benzene rings is 1. The van der Waals surface area contributed by atoms with E-state index in [1.54, 1.807) is 18.2 Å². The number of nitro benzene ring substituents is 1. The third kappa shape index (κ3) is 4.53. The molecule has 1 amide bonds. The maximum absolute atomic E-state index is 12.2. The molecule has 0 saturated carbocycles. The maximum Gasteiger partial charge on any atom is 0.269 e. The number of piperidine rings is 1. The lowest BCUT2D eigenvalue weighted by Crippen LogP contribution is -2.33. The van der Waals surface area contributed by atoms with Crippen molar-refractivity contribution in [3.63, 3.8) is 0 Å². The van der Waals surface area contributed by atoms with Crippen molar-refractivity contribution in [1.82, 2.24) is 9.97 Å². The molecular formula is C18H21N5O3. The summed E-state index contributed by atoms with van der Waals surface area (Å²) in [4.78, 5) is 33.0. The Morgan fingerprint density at radius 1 is 1.27 bits per heavy atom. The number of anilines is 2. The van der Waals surface area contributed by atoms with Gasteiger partial charge in [-0.05, 0) is 24.3 Å². The Morgan fingerprint density at radius 2 is 1.96 bits per heavy atom. The highest BCUT2D eigenvalue weighted by atomic mass is 16.6. The number of rotatable bonds is 5. The second kappa shape index (κ2) is 7.90. The van der Waals surface area contributed by atoms with Crippen LogP contribution in [0.1, 0.15) is 25.3 Å². The Labute approximate surface area is 151 Å². The Balaban J connectivity index is 1.60. The summed E-state index contributed by atoms with van der Waals surface area (Å²) in [5, 5.41) is 13.4. The average Bonchev–Trinajstić information content (AvgIpc) is 2.63. The largest absolute Gasteiger partial charge is 0.356 e. The minimum Gasteiger partial charge on any atom is -0.356 e. The van der Waals surface area contributed by atoms with Gasteiger partial charge in [0.15, 0.2) is 0 Å². The first-order valence-electron chi connectivity index (χ1n) is 8.61. The van der Waals surface area contributed by atoms with Crippen molar-refractivity contribution >= 4 is 23.2 Å². The molecule has 0 atom stereocenters. The van der Waals surface area contributed by atoms with Gasteiger partial charge in [0.05, 0.1) is 11.3 Å². The second-order valence-corrected chi connectivity index (χ2v) is 6.58. The molecule has 2 aromatic rings. The van der Waals surface area contributed by atoms with Gasteiger partial charge in [0.25, 0.3) is 5.69 Å². The molecule has 2 heterocycles. The summed E-state index contributed by atoms with van der Waals surface area (Å²) in [6.07, 6.45) is 3.84. The van der Waals surface area contributed by atoms with Crippen molar-refractivity contribution in [2.45, 2.75) is 26.2 Å². The van der Waals surface area contributed by atoms with E-state index in [1.807, 2.05) is 0 Å². The van der Waals surface area contributed by atoms with Crippen molar-refractivity contribution in [3.8, 4) is 0 Å². The van der Waals surface area contributed by atoms with E-state index in [-0.39, 0.29) is 18.0 Å².